The third-order valence-corrected chi connectivity index (χ3v) is 4.79. The van der Waals surface area contributed by atoms with E-state index in [2.05, 4.69) is 41.7 Å². The van der Waals surface area contributed by atoms with Crippen LogP contribution < -0.4 is 16.0 Å². The molecule has 1 fully saturated rings. The number of aliphatic imine (C=N–C) groups is 1. The quantitative estimate of drug-likeness (QED) is 0.242. The Balaban J connectivity index is 0.00000392. The maximum absolute atomic E-state index is 12.0. The molecule has 1 aromatic rings. The largest absolute Gasteiger partial charge is 0.377 e. The number of hydrogen-bond donors (Lipinski definition) is 3. The summed E-state index contributed by atoms with van der Waals surface area (Å²) in [5, 5.41) is 9.57. The zero-order chi connectivity index (χ0) is 19.7. The highest BCUT2D eigenvalue weighted by molar-refractivity contribution is 14.0. The summed E-state index contributed by atoms with van der Waals surface area (Å²) in [4.78, 5) is 16.3. The Bertz CT molecular complexity index is 617. The molecule has 28 heavy (non-hydrogen) atoms. The Morgan fingerprint density at radius 1 is 1.14 bits per heavy atom. The average molecular weight is 502 g/mol. The van der Waals surface area contributed by atoms with Crippen molar-refractivity contribution in [1.29, 1.82) is 0 Å². The molecule has 1 saturated heterocycles. The van der Waals surface area contributed by atoms with Crippen LogP contribution in [0.1, 0.15) is 44.0 Å². The van der Waals surface area contributed by atoms with Gasteiger partial charge in [0.1, 0.15) is 0 Å². The van der Waals surface area contributed by atoms with E-state index in [1.807, 2.05) is 18.2 Å². The van der Waals surface area contributed by atoms with Gasteiger partial charge in [0.2, 0.25) is 0 Å². The first-order valence-electron chi connectivity index (χ1n) is 9.81. The average Bonchev–Trinajstić information content (AvgIpc) is 2.67. The van der Waals surface area contributed by atoms with E-state index in [9.17, 15) is 4.79 Å². The number of hydrogen-bond acceptors (Lipinski definition) is 3. The fourth-order valence-corrected chi connectivity index (χ4v) is 3.51. The van der Waals surface area contributed by atoms with Gasteiger partial charge in [-0.1, -0.05) is 39.0 Å². The zero-order valence-electron chi connectivity index (χ0n) is 17.5. The van der Waals surface area contributed by atoms with Crippen molar-refractivity contribution in [2.24, 2.45) is 16.3 Å². The lowest BCUT2D eigenvalue weighted by Crippen LogP contribution is -2.48. The fourth-order valence-electron chi connectivity index (χ4n) is 3.51. The Morgan fingerprint density at radius 3 is 2.46 bits per heavy atom. The highest BCUT2D eigenvalue weighted by Gasteiger charge is 2.35. The molecule has 6 nitrogen and oxygen atoms in total. The minimum atomic E-state index is -0.0623. The Hall–Kier alpha value is -1.35. The lowest BCUT2D eigenvalue weighted by Gasteiger charge is -2.40. The number of halogens is 1. The smallest absolute Gasteiger partial charge is 0.251 e. The number of carbonyl (C=O) groups excluding carboxylic acids is 1. The van der Waals surface area contributed by atoms with Crippen molar-refractivity contribution < 1.29 is 9.53 Å². The number of guanidine groups is 1. The second-order valence-corrected chi connectivity index (χ2v) is 8.06. The van der Waals surface area contributed by atoms with Crippen molar-refractivity contribution in [2.75, 3.05) is 33.3 Å². The molecule has 158 valence electrons. The van der Waals surface area contributed by atoms with Gasteiger partial charge in [-0.3, -0.25) is 9.79 Å². The predicted molar refractivity (Wildman–Crippen MR) is 125 cm³/mol. The molecule has 1 aromatic carbocycles. The molecule has 1 aliphatic rings. The summed E-state index contributed by atoms with van der Waals surface area (Å²) in [5.41, 5.74) is 0.802. The third kappa shape index (κ3) is 7.95. The van der Waals surface area contributed by atoms with Crippen molar-refractivity contribution >= 4 is 35.8 Å². The van der Waals surface area contributed by atoms with Crippen molar-refractivity contribution in [1.82, 2.24) is 16.0 Å². The summed E-state index contributed by atoms with van der Waals surface area (Å²) in [6.45, 7) is 9.54. The summed E-state index contributed by atoms with van der Waals surface area (Å²) in [6.07, 6.45) is 2.53. The number of nitrogens with zero attached hydrogens (tertiary/aromatic N) is 1. The highest BCUT2D eigenvalue weighted by Crippen LogP contribution is 2.33. The van der Waals surface area contributed by atoms with Gasteiger partial charge < -0.3 is 20.7 Å². The second-order valence-electron chi connectivity index (χ2n) is 8.06. The van der Waals surface area contributed by atoms with Gasteiger partial charge in [-0.2, -0.15) is 0 Å². The minimum Gasteiger partial charge on any atom is -0.377 e. The fraction of sp³-hybridized carbons (Fsp3) is 0.619. The summed E-state index contributed by atoms with van der Waals surface area (Å²) in [6, 6.07) is 9.23. The Labute approximate surface area is 186 Å². The van der Waals surface area contributed by atoms with Crippen LogP contribution in [-0.4, -0.2) is 51.3 Å². The molecular weight excluding hydrogens is 467 g/mol. The standard InChI is InChI=1S/C21H34N4O2.HI/c1-21(2,3)18-17(11-8-14-27-18)15-25-20(22-4)24-13-12-23-19(26)16-9-6-5-7-10-16;/h5-7,9-10,17-18H,8,11-15H2,1-4H3,(H,23,26)(H2,22,24,25);1H. The maximum Gasteiger partial charge on any atom is 0.251 e. The highest BCUT2D eigenvalue weighted by atomic mass is 127. The van der Waals surface area contributed by atoms with Crippen LogP contribution in [0.5, 0.6) is 0 Å². The topological polar surface area (TPSA) is 74.8 Å². The Kier molecular flexibility index (Phi) is 10.8. The van der Waals surface area contributed by atoms with Gasteiger partial charge in [-0.05, 0) is 30.4 Å². The van der Waals surface area contributed by atoms with Gasteiger partial charge in [0.25, 0.3) is 5.91 Å². The monoisotopic (exact) mass is 502 g/mol. The van der Waals surface area contributed by atoms with Crippen molar-refractivity contribution in [3.8, 4) is 0 Å². The molecule has 0 radical (unpaired) electrons. The van der Waals surface area contributed by atoms with Crippen molar-refractivity contribution in [2.45, 2.75) is 39.7 Å². The molecule has 0 spiro atoms. The predicted octanol–water partition coefficient (Wildman–Crippen LogP) is 3.04. The van der Waals surface area contributed by atoms with E-state index < -0.39 is 0 Å². The third-order valence-electron chi connectivity index (χ3n) is 4.79. The van der Waals surface area contributed by atoms with Gasteiger partial charge in [0, 0.05) is 44.8 Å². The van der Waals surface area contributed by atoms with E-state index in [0.29, 0.717) is 24.6 Å². The van der Waals surface area contributed by atoms with Crippen LogP contribution in [0.15, 0.2) is 35.3 Å². The molecule has 1 aliphatic heterocycles. The molecule has 2 unspecified atom stereocenters. The van der Waals surface area contributed by atoms with Gasteiger partial charge >= 0.3 is 0 Å². The van der Waals surface area contributed by atoms with E-state index >= 15 is 0 Å². The lowest BCUT2D eigenvalue weighted by molar-refractivity contribution is -0.0835. The molecule has 7 heteroatoms. The number of nitrogens with one attached hydrogen (secondary N) is 3. The van der Waals surface area contributed by atoms with E-state index in [1.54, 1.807) is 19.2 Å². The van der Waals surface area contributed by atoms with Gasteiger partial charge in [-0.25, -0.2) is 0 Å². The van der Waals surface area contributed by atoms with E-state index in [-0.39, 0.29) is 41.4 Å². The first kappa shape index (κ1) is 24.7. The molecule has 2 rings (SSSR count). The van der Waals surface area contributed by atoms with Crippen LogP contribution in [0.25, 0.3) is 0 Å². The van der Waals surface area contributed by atoms with E-state index in [4.69, 9.17) is 4.74 Å². The van der Waals surface area contributed by atoms with Gasteiger partial charge in [-0.15, -0.1) is 24.0 Å². The number of ether oxygens (including phenoxy) is 1. The molecular formula is C21H35IN4O2. The molecule has 2 atom stereocenters. The molecule has 0 saturated carbocycles. The number of carbonyl (C=O) groups is 1. The number of benzene rings is 1. The summed E-state index contributed by atoms with van der Waals surface area (Å²) in [7, 11) is 1.76. The van der Waals surface area contributed by atoms with Crippen molar-refractivity contribution in [3.63, 3.8) is 0 Å². The molecule has 0 aliphatic carbocycles. The van der Waals surface area contributed by atoms with Crippen molar-refractivity contribution in [3.05, 3.63) is 35.9 Å². The SMILES string of the molecule is CN=C(NCCNC(=O)c1ccccc1)NCC1CCCOC1C(C)(C)C.I. The summed E-state index contributed by atoms with van der Waals surface area (Å²) in [5.74, 6) is 1.16. The maximum atomic E-state index is 12.0. The van der Waals surface area contributed by atoms with Crippen LogP contribution in [-0.2, 0) is 4.74 Å². The van der Waals surface area contributed by atoms with Crippen LogP contribution in [0, 0.1) is 11.3 Å². The zero-order valence-corrected chi connectivity index (χ0v) is 19.8. The van der Waals surface area contributed by atoms with Crippen LogP contribution in [0.2, 0.25) is 0 Å². The lowest BCUT2D eigenvalue weighted by atomic mass is 9.78. The van der Waals surface area contributed by atoms with Gasteiger partial charge in [0.05, 0.1) is 6.10 Å². The van der Waals surface area contributed by atoms with Crippen LogP contribution in [0.4, 0.5) is 0 Å². The summed E-state index contributed by atoms with van der Waals surface area (Å²) >= 11 is 0. The first-order chi connectivity index (χ1) is 12.9. The molecule has 1 heterocycles. The molecule has 3 N–H and O–H groups in total. The Morgan fingerprint density at radius 2 is 1.82 bits per heavy atom. The summed E-state index contributed by atoms with van der Waals surface area (Å²) < 4.78 is 6.04. The molecule has 1 amide bonds. The van der Waals surface area contributed by atoms with E-state index in [1.165, 1.54) is 6.42 Å². The van der Waals surface area contributed by atoms with Gasteiger partial charge in [0.15, 0.2) is 5.96 Å². The normalized spacial score (nSPS) is 20.1. The number of rotatable bonds is 6. The minimum absolute atomic E-state index is 0. The first-order valence-corrected chi connectivity index (χ1v) is 9.81. The van der Waals surface area contributed by atoms with E-state index in [0.717, 1.165) is 25.5 Å². The van der Waals surface area contributed by atoms with Crippen LogP contribution >= 0.6 is 24.0 Å². The molecule has 0 aromatic heterocycles. The number of amides is 1. The van der Waals surface area contributed by atoms with Crippen LogP contribution in [0.3, 0.4) is 0 Å². The second kappa shape index (κ2) is 12.3. The molecule has 0 bridgehead atoms.